The van der Waals surface area contributed by atoms with E-state index >= 15 is 0 Å². The predicted octanol–water partition coefficient (Wildman–Crippen LogP) is 3.93. The zero-order valence-corrected chi connectivity index (χ0v) is 12.8. The smallest absolute Gasteiger partial charge is 0.124 e. The van der Waals surface area contributed by atoms with E-state index in [1.807, 2.05) is 12.1 Å². The van der Waals surface area contributed by atoms with E-state index in [-0.39, 0.29) is 0 Å². The van der Waals surface area contributed by atoms with Gasteiger partial charge >= 0.3 is 0 Å². The molecule has 2 atom stereocenters. The number of rotatable bonds is 3. The lowest BCUT2D eigenvalue weighted by atomic mass is 9.92. The molecule has 0 bridgehead atoms. The first-order valence-electron chi connectivity index (χ1n) is 7.41. The van der Waals surface area contributed by atoms with E-state index in [0.29, 0.717) is 12.0 Å². The van der Waals surface area contributed by atoms with Gasteiger partial charge in [0.2, 0.25) is 0 Å². The number of hydrogen-bond donors (Lipinski definition) is 1. The van der Waals surface area contributed by atoms with Gasteiger partial charge in [-0.3, -0.25) is 0 Å². The number of nitrogens with one attached hydrogen (secondary N) is 1. The Bertz CT molecular complexity index is 607. The fourth-order valence-electron chi connectivity index (χ4n) is 2.75. The van der Waals surface area contributed by atoms with Gasteiger partial charge in [0.05, 0.1) is 12.6 Å². The molecule has 2 aromatic carbocycles. The number of para-hydroxylation sites is 1. The number of benzene rings is 2. The van der Waals surface area contributed by atoms with Crippen LogP contribution in [-0.2, 0) is 0 Å². The largest absolute Gasteiger partial charge is 0.493 e. The highest BCUT2D eigenvalue weighted by Gasteiger charge is 2.27. The summed E-state index contributed by atoms with van der Waals surface area (Å²) < 4.78 is 5.81. The number of nitrogens with zero attached hydrogens (tertiary/aromatic N) is 1. The minimum absolute atomic E-state index is 0.292. The molecule has 21 heavy (non-hydrogen) atoms. The van der Waals surface area contributed by atoms with Crippen molar-refractivity contribution in [2.24, 2.45) is 5.92 Å². The van der Waals surface area contributed by atoms with Crippen molar-refractivity contribution in [2.45, 2.75) is 13.0 Å². The minimum atomic E-state index is 0.292. The lowest BCUT2D eigenvalue weighted by Crippen LogP contribution is -2.28. The quantitative estimate of drug-likeness (QED) is 0.923. The Balaban J connectivity index is 1.83. The van der Waals surface area contributed by atoms with Gasteiger partial charge in [-0.05, 0) is 30.3 Å². The first-order chi connectivity index (χ1) is 10.1. The second-order valence-electron chi connectivity index (χ2n) is 5.89. The molecule has 0 saturated heterocycles. The van der Waals surface area contributed by atoms with E-state index in [9.17, 15) is 0 Å². The Hall–Kier alpha value is -2.16. The molecule has 2 unspecified atom stereocenters. The van der Waals surface area contributed by atoms with Gasteiger partial charge in [0.15, 0.2) is 0 Å². The van der Waals surface area contributed by atoms with Crippen LogP contribution in [0.3, 0.4) is 0 Å². The Labute approximate surface area is 126 Å². The molecule has 1 heterocycles. The molecule has 3 heteroatoms. The van der Waals surface area contributed by atoms with Crippen LogP contribution >= 0.6 is 0 Å². The maximum absolute atomic E-state index is 5.81. The Morgan fingerprint density at radius 1 is 1.05 bits per heavy atom. The van der Waals surface area contributed by atoms with Crippen LogP contribution in [-0.4, -0.2) is 20.7 Å². The number of ether oxygens (including phenoxy) is 1. The molecule has 0 saturated carbocycles. The average Bonchev–Trinajstić information content (AvgIpc) is 2.51. The van der Waals surface area contributed by atoms with Gasteiger partial charge in [-0.25, -0.2) is 0 Å². The van der Waals surface area contributed by atoms with Crippen LogP contribution in [0.25, 0.3) is 0 Å². The lowest BCUT2D eigenvalue weighted by Gasteiger charge is -2.32. The Morgan fingerprint density at radius 3 is 2.48 bits per heavy atom. The maximum Gasteiger partial charge on any atom is 0.124 e. The molecule has 0 spiro atoms. The summed E-state index contributed by atoms with van der Waals surface area (Å²) in [4.78, 5) is 2.11. The Kier molecular flexibility index (Phi) is 3.74. The first kappa shape index (κ1) is 13.8. The molecule has 0 aliphatic carbocycles. The molecule has 1 aliphatic rings. The van der Waals surface area contributed by atoms with Crippen LogP contribution in [0.1, 0.15) is 18.5 Å². The van der Waals surface area contributed by atoms with Gasteiger partial charge in [-0.1, -0.05) is 25.1 Å². The van der Waals surface area contributed by atoms with Crippen LogP contribution < -0.4 is 15.0 Å². The van der Waals surface area contributed by atoms with Gasteiger partial charge in [0.1, 0.15) is 5.75 Å². The van der Waals surface area contributed by atoms with Gasteiger partial charge in [-0.2, -0.15) is 0 Å². The highest BCUT2D eigenvalue weighted by molar-refractivity contribution is 5.56. The zero-order chi connectivity index (χ0) is 14.8. The highest BCUT2D eigenvalue weighted by atomic mass is 16.5. The molecule has 1 aliphatic heterocycles. The highest BCUT2D eigenvalue weighted by Crippen LogP contribution is 2.37. The SMILES string of the molecule is CC1COc2ccccc2C1Nc1ccc(N(C)C)cc1. The molecule has 0 aromatic heterocycles. The van der Waals surface area contributed by atoms with E-state index in [1.165, 1.54) is 11.3 Å². The van der Waals surface area contributed by atoms with E-state index in [2.05, 4.69) is 67.6 Å². The molecular formula is C18H22N2O. The first-order valence-corrected chi connectivity index (χ1v) is 7.41. The predicted molar refractivity (Wildman–Crippen MR) is 88.2 cm³/mol. The summed E-state index contributed by atoms with van der Waals surface area (Å²) >= 11 is 0. The molecule has 2 aromatic rings. The lowest BCUT2D eigenvalue weighted by molar-refractivity contribution is 0.214. The van der Waals surface area contributed by atoms with Crippen molar-refractivity contribution in [3.05, 3.63) is 54.1 Å². The Morgan fingerprint density at radius 2 is 1.76 bits per heavy atom. The summed E-state index contributed by atoms with van der Waals surface area (Å²) in [6.45, 7) is 2.98. The standard InChI is InChI=1S/C18H22N2O/c1-13-12-21-17-7-5-4-6-16(17)18(13)19-14-8-10-15(11-9-14)20(2)3/h4-11,13,18-19H,12H2,1-3H3. The molecule has 3 nitrogen and oxygen atoms in total. The van der Waals surface area contributed by atoms with Crippen LogP contribution in [0.5, 0.6) is 5.75 Å². The topological polar surface area (TPSA) is 24.5 Å². The van der Waals surface area contributed by atoms with Crippen molar-refractivity contribution in [2.75, 3.05) is 30.9 Å². The molecule has 0 fully saturated rings. The van der Waals surface area contributed by atoms with Gasteiger partial charge in [0.25, 0.3) is 0 Å². The summed E-state index contributed by atoms with van der Waals surface area (Å²) in [6, 6.07) is 17.1. The fourth-order valence-corrected chi connectivity index (χ4v) is 2.75. The monoisotopic (exact) mass is 282 g/mol. The molecular weight excluding hydrogens is 260 g/mol. The van der Waals surface area contributed by atoms with E-state index in [1.54, 1.807) is 0 Å². The summed E-state index contributed by atoms with van der Waals surface area (Å²) in [6.07, 6.45) is 0. The van der Waals surface area contributed by atoms with E-state index in [4.69, 9.17) is 4.74 Å². The number of fused-ring (bicyclic) bond motifs is 1. The van der Waals surface area contributed by atoms with Crippen molar-refractivity contribution >= 4 is 11.4 Å². The van der Waals surface area contributed by atoms with Crippen LogP contribution in [0, 0.1) is 5.92 Å². The third kappa shape index (κ3) is 2.82. The normalized spacial score (nSPS) is 20.3. The second kappa shape index (κ2) is 5.68. The summed E-state index contributed by atoms with van der Waals surface area (Å²) in [5, 5.41) is 3.65. The molecule has 0 amide bonds. The average molecular weight is 282 g/mol. The minimum Gasteiger partial charge on any atom is -0.493 e. The third-order valence-corrected chi connectivity index (χ3v) is 4.03. The van der Waals surface area contributed by atoms with Gasteiger partial charge < -0.3 is 15.0 Å². The summed E-state index contributed by atoms with van der Waals surface area (Å²) in [5.41, 5.74) is 3.60. The van der Waals surface area contributed by atoms with Crippen molar-refractivity contribution in [3.8, 4) is 5.75 Å². The number of hydrogen-bond acceptors (Lipinski definition) is 3. The van der Waals surface area contributed by atoms with Gasteiger partial charge in [0, 0.05) is 37.0 Å². The number of anilines is 2. The van der Waals surface area contributed by atoms with Crippen molar-refractivity contribution in [1.29, 1.82) is 0 Å². The van der Waals surface area contributed by atoms with Crippen LogP contribution in [0.15, 0.2) is 48.5 Å². The second-order valence-corrected chi connectivity index (χ2v) is 5.89. The van der Waals surface area contributed by atoms with Crippen LogP contribution in [0.2, 0.25) is 0 Å². The van der Waals surface area contributed by atoms with E-state index < -0.39 is 0 Å². The molecule has 3 rings (SSSR count). The molecule has 0 radical (unpaired) electrons. The maximum atomic E-state index is 5.81. The molecule has 110 valence electrons. The van der Waals surface area contributed by atoms with Crippen molar-refractivity contribution in [1.82, 2.24) is 0 Å². The summed E-state index contributed by atoms with van der Waals surface area (Å²) in [5.74, 6) is 1.44. The molecule has 1 N–H and O–H groups in total. The van der Waals surface area contributed by atoms with Crippen molar-refractivity contribution in [3.63, 3.8) is 0 Å². The van der Waals surface area contributed by atoms with E-state index in [0.717, 1.165) is 18.0 Å². The zero-order valence-electron chi connectivity index (χ0n) is 12.8. The van der Waals surface area contributed by atoms with Crippen LogP contribution in [0.4, 0.5) is 11.4 Å². The fraction of sp³-hybridized carbons (Fsp3) is 0.333. The summed E-state index contributed by atoms with van der Waals surface area (Å²) in [7, 11) is 4.11. The third-order valence-electron chi connectivity index (χ3n) is 4.03. The van der Waals surface area contributed by atoms with Crippen molar-refractivity contribution < 1.29 is 4.74 Å². The van der Waals surface area contributed by atoms with Gasteiger partial charge in [-0.15, -0.1) is 0 Å².